The highest BCUT2D eigenvalue weighted by Crippen LogP contribution is 2.58. The number of nitrogens with one attached hydrogen (secondary N) is 1. The summed E-state index contributed by atoms with van der Waals surface area (Å²) >= 11 is 0. The van der Waals surface area contributed by atoms with Gasteiger partial charge in [-0.15, -0.1) is 0 Å². The lowest BCUT2D eigenvalue weighted by atomic mass is 9.79. The van der Waals surface area contributed by atoms with E-state index >= 15 is 0 Å². The van der Waals surface area contributed by atoms with E-state index in [1.807, 2.05) is 6.07 Å². The van der Waals surface area contributed by atoms with Crippen molar-refractivity contribution in [3.05, 3.63) is 35.9 Å². The molecular formula is C18H25NO. The summed E-state index contributed by atoms with van der Waals surface area (Å²) in [5.41, 5.74) is 1.22. The summed E-state index contributed by atoms with van der Waals surface area (Å²) < 4.78 is 0. The van der Waals surface area contributed by atoms with Crippen molar-refractivity contribution in [3.63, 3.8) is 0 Å². The van der Waals surface area contributed by atoms with E-state index in [9.17, 15) is 5.11 Å². The minimum atomic E-state index is 0.111. The predicted molar refractivity (Wildman–Crippen MR) is 80.2 cm³/mol. The Kier molecular flexibility index (Phi) is 3.31. The van der Waals surface area contributed by atoms with Crippen molar-refractivity contribution in [1.82, 2.24) is 5.32 Å². The second-order valence-corrected chi connectivity index (χ2v) is 7.07. The van der Waals surface area contributed by atoms with Crippen LogP contribution >= 0.6 is 0 Å². The number of fused-ring (bicyclic) bond motifs is 5. The molecule has 3 fully saturated rings. The molecule has 2 bridgehead atoms. The Bertz CT molecular complexity index is 460. The Labute approximate surface area is 121 Å². The summed E-state index contributed by atoms with van der Waals surface area (Å²) in [6.45, 7) is 0.200. The molecule has 0 spiro atoms. The lowest BCUT2D eigenvalue weighted by Crippen LogP contribution is -2.42. The largest absolute Gasteiger partial charge is 0.394 e. The van der Waals surface area contributed by atoms with Gasteiger partial charge in [-0.1, -0.05) is 36.8 Å². The van der Waals surface area contributed by atoms with E-state index in [-0.39, 0.29) is 12.6 Å². The fourth-order valence-corrected chi connectivity index (χ4v) is 5.46. The van der Waals surface area contributed by atoms with Gasteiger partial charge < -0.3 is 10.4 Å². The zero-order valence-corrected chi connectivity index (χ0v) is 12.0. The van der Waals surface area contributed by atoms with Crippen LogP contribution in [0.5, 0.6) is 0 Å². The van der Waals surface area contributed by atoms with Gasteiger partial charge in [0.15, 0.2) is 0 Å². The number of hydrogen-bond donors (Lipinski definition) is 2. The minimum absolute atomic E-state index is 0.111. The molecule has 2 nitrogen and oxygen atoms in total. The average molecular weight is 271 g/mol. The molecule has 3 aliphatic rings. The van der Waals surface area contributed by atoms with Crippen molar-refractivity contribution >= 4 is 0 Å². The van der Waals surface area contributed by atoms with Crippen LogP contribution in [0.2, 0.25) is 0 Å². The molecule has 1 aromatic rings. The zero-order valence-electron chi connectivity index (χ0n) is 12.0. The third-order valence-electron chi connectivity index (χ3n) is 6.23. The quantitative estimate of drug-likeness (QED) is 0.882. The van der Waals surface area contributed by atoms with Gasteiger partial charge in [0.2, 0.25) is 0 Å². The maximum absolute atomic E-state index is 9.73. The monoisotopic (exact) mass is 271 g/mol. The van der Waals surface area contributed by atoms with E-state index in [0.717, 1.165) is 23.7 Å². The van der Waals surface area contributed by atoms with E-state index in [2.05, 4.69) is 29.6 Å². The second kappa shape index (κ2) is 5.16. The summed E-state index contributed by atoms with van der Waals surface area (Å²) in [6, 6.07) is 11.2. The van der Waals surface area contributed by atoms with Crippen molar-refractivity contribution in [2.75, 3.05) is 6.61 Å². The third-order valence-corrected chi connectivity index (χ3v) is 6.23. The van der Waals surface area contributed by atoms with Crippen LogP contribution in [-0.2, 0) is 0 Å². The Morgan fingerprint density at radius 2 is 1.85 bits per heavy atom. The van der Waals surface area contributed by atoms with Crippen molar-refractivity contribution in [2.24, 2.45) is 23.7 Å². The number of hydrogen-bond acceptors (Lipinski definition) is 2. The lowest BCUT2D eigenvalue weighted by Gasteiger charge is -2.34. The van der Waals surface area contributed by atoms with Gasteiger partial charge in [-0.05, 0) is 54.9 Å². The van der Waals surface area contributed by atoms with Gasteiger partial charge in [-0.25, -0.2) is 0 Å². The molecule has 108 valence electrons. The molecule has 2 N–H and O–H groups in total. The van der Waals surface area contributed by atoms with Crippen LogP contribution in [0.4, 0.5) is 0 Å². The number of aliphatic hydroxyl groups excluding tert-OH is 1. The minimum Gasteiger partial charge on any atom is -0.394 e. The van der Waals surface area contributed by atoms with Crippen molar-refractivity contribution < 1.29 is 5.11 Å². The van der Waals surface area contributed by atoms with Gasteiger partial charge in [-0.3, -0.25) is 0 Å². The highest BCUT2D eigenvalue weighted by Gasteiger charge is 2.53. The van der Waals surface area contributed by atoms with Gasteiger partial charge in [0.05, 0.1) is 12.6 Å². The van der Waals surface area contributed by atoms with Crippen LogP contribution in [0.15, 0.2) is 30.3 Å². The van der Waals surface area contributed by atoms with Gasteiger partial charge >= 0.3 is 0 Å². The maximum atomic E-state index is 9.73. The van der Waals surface area contributed by atoms with Crippen LogP contribution in [-0.4, -0.2) is 17.8 Å². The third kappa shape index (κ3) is 2.01. The highest BCUT2D eigenvalue weighted by atomic mass is 16.3. The van der Waals surface area contributed by atoms with Crippen molar-refractivity contribution in [1.29, 1.82) is 0 Å². The molecule has 4 rings (SSSR count). The summed E-state index contributed by atoms with van der Waals surface area (Å²) in [6.07, 6.45) is 7.19. The molecule has 0 saturated heterocycles. The SMILES string of the molecule is OC[C@H](NC1CC2CC1C1CCCC21)c1ccccc1. The molecule has 0 aliphatic heterocycles. The molecule has 6 atom stereocenters. The first-order valence-electron chi connectivity index (χ1n) is 8.28. The van der Waals surface area contributed by atoms with E-state index in [1.165, 1.54) is 37.7 Å². The summed E-state index contributed by atoms with van der Waals surface area (Å²) in [4.78, 5) is 0. The highest BCUT2D eigenvalue weighted by molar-refractivity contribution is 5.19. The normalized spacial score (nSPS) is 40.0. The molecule has 5 unspecified atom stereocenters. The fraction of sp³-hybridized carbons (Fsp3) is 0.667. The molecule has 2 heteroatoms. The fourth-order valence-electron chi connectivity index (χ4n) is 5.46. The molecule has 3 saturated carbocycles. The first kappa shape index (κ1) is 12.8. The molecule has 1 aromatic carbocycles. The second-order valence-electron chi connectivity index (χ2n) is 7.07. The van der Waals surface area contributed by atoms with Gasteiger partial charge in [0.1, 0.15) is 0 Å². The van der Waals surface area contributed by atoms with E-state index < -0.39 is 0 Å². The standard InChI is InChI=1S/C18H25NO/c20-11-18(12-5-2-1-3-6-12)19-17-10-13-9-16(17)15-8-4-7-14(13)15/h1-3,5-6,13-20H,4,7-11H2/t13?,14?,15?,16?,17?,18-/m0/s1. The van der Waals surface area contributed by atoms with E-state index in [0.29, 0.717) is 6.04 Å². The van der Waals surface area contributed by atoms with Crippen molar-refractivity contribution in [3.8, 4) is 0 Å². The summed E-state index contributed by atoms with van der Waals surface area (Å²) in [5.74, 6) is 3.88. The Morgan fingerprint density at radius 3 is 2.65 bits per heavy atom. The molecule has 0 aromatic heterocycles. The number of benzene rings is 1. The van der Waals surface area contributed by atoms with Gasteiger partial charge in [0, 0.05) is 6.04 Å². The number of rotatable bonds is 4. The Balaban J connectivity index is 1.47. The molecule has 0 heterocycles. The summed E-state index contributed by atoms with van der Waals surface area (Å²) in [5, 5.41) is 13.5. The van der Waals surface area contributed by atoms with Crippen molar-refractivity contribution in [2.45, 2.75) is 44.2 Å². The first-order valence-corrected chi connectivity index (χ1v) is 8.28. The molecule has 0 amide bonds. The molecule has 20 heavy (non-hydrogen) atoms. The average Bonchev–Trinajstić information content (AvgIpc) is 3.18. The van der Waals surface area contributed by atoms with Crippen LogP contribution in [0, 0.1) is 23.7 Å². The Morgan fingerprint density at radius 1 is 1.05 bits per heavy atom. The van der Waals surface area contributed by atoms with Crippen LogP contribution in [0.1, 0.15) is 43.7 Å². The maximum Gasteiger partial charge on any atom is 0.0626 e. The number of aliphatic hydroxyl groups is 1. The molecular weight excluding hydrogens is 246 g/mol. The van der Waals surface area contributed by atoms with Gasteiger partial charge in [-0.2, -0.15) is 0 Å². The van der Waals surface area contributed by atoms with E-state index in [4.69, 9.17) is 0 Å². The van der Waals surface area contributed by atoms with Gasteiger partial charge in [0.25, 0.3) is 0 Å². The topological polar surface area (TPSA) is 32.3 Å². The van der Waals surface area contributed by atoms with Crippen LogP contribution < -0.4 is 5.32 Å². The first-order chi connectivity index (χ1) is 9.86. The predicted octanol–water partition coefficient (Wildman–Crippen LogP) is 3.13. The lowest BCUT2D eigenvalue weighted by molar-refractivity contribution is 0.171. The van der Waals surface area contributed by atoms with E-state index in [1.54, 1.807) is 0 Å². The Hall–Kier alpha value is -0.860. The zero-order chi connectivity index (χ0) is 13.5. The smallest absolute Gasteiger partial charge is 0.0626 e. The molecule has 3 aliphatic carbocycles. The molecule has 0 radical (unpaired) electrons. The van der Waals surface area contributed by atoms with Crippen LogP contribution in [0.3, 0.4) is 0 Å². The van der Waals surface area contributed by atoms with Crippen LogP contribution in [0.25, 0.3) is 0 Å². The summed E-state index contributed by atoms with van der Waals surface area (Å²) in [7, 11) is 0.